The van der Waals surface area contributed by atoms with E-state index in [4.69, 9.17) is 5.11 Å². The van der Waals surface area contributed by atoms with Crippen molar-refractivity contribution in [1.29, 1.82) is 0 Å². The highest BCUT2D eigenvalue weighted by molar-refractivity contribution is 5.08. The van der Waals surface area contributed by atoms with Gasteiger partial charge in [-0.05, 0) is 12.8 Å². The molecule has 4 heteroatoms. The van der Waals surface area contributed by atoms with Gasteiger partial charge in [-0.1, -0.05) is 13.8 Å². The molecule has 0 unspecified atom stereocenters. The molecule has 1 aromatic heterocycles. The van der Waals surface area contributed by atoms with Crippen LogP contribution in [0.5, 0.6) is 5.88 Å². The Bertz CT molecular complexity index is 329. The van der Waals surface area contributed by atoms with E-state index in [1.807, 2.05) is 13.8 Å². The molecule has 0 aliphatic rings. The normalized spacial score (nSPS) is 10.7. The average molecular weight is 182 g/mol. The van der Waals surface area contributed by atoms with E-state index in [1.54, 1.807) is 0 Å². The van der Waals surface area contributed by atoms with Gasteiger partial charge < -0.3 is 10.1 Å². The van der Waals surface area contributed by atoms with Gasteiger partial charge in [-0.25, -0.2) is 4.98 Å². The first-order valence-electron chi connectivity index (χ1n) is 4.47. The lowest BCUT2D eigenvalue weighted by atomic mass is 10.0. The van der Waals surface area contributed by atoms with Crippen molar-refractivity contribution >= 4 is 0 Å². The number of aromatic hydroxyl groups is 1. The largest absolute Gasteiger partial charge is 0.493 e. The molecular weight excluding hydrogens is 168 g/mol. The first kappa shape index (κ1) is 9.77. The fraction of sp³-hybridized carbons (Fsp3) is 0.556. The SMILES string of the molecule is CCC(CC)c1nc(O)cc(=O)[nH]1. The lowest BCUT2D eigenvalue weighted by Crippen LogP contribution is -2.12. The van der Waals surface area contributed by atoms with E-state index in [0.717, 1.165) is 18.9 Å². The van der Waals surface area contributed by atoms with Gasteiger partial charge in [0.25, 0.3) is 5.56 Å². The van der Waals surface area contributed by atoms with Crippen molar-refractivity contribution < 1.29 is 5.11 Å². The quantitative estimate of drug-likeness (QED) is 0.742. The van der Waals surface area contributed by atoms with Gasteiger partial charge in [0.15, 0.2) is 0 Å². The summed E-state index contributed by atoms with van der Waals surface area (Å²) in [6.45, 7) is 4.05. The minimum Gasteiger partial charge on any atom is -0.493 e. The molecule has 0 atom stereocenters. The second-order valence-electron chi connectivity index (χ2n) is 3.00. The van der Waals surface area contributed by atoms with Crippen LogP contribution in [0.4, 0.5) is 0 Å². The summed E-state index contributed by atoms with van der Waals surface area (Å²) >= 11 is 0. The van der Waals surface area contributed by atoms with Crippen LogP contribution < -0.4 is 5.56 Å². The molecule has 13 heavy (non-hydrogen) atoms. The number of aromatic amines is 1. The van der Waals surface area contributed by atoms with E-state index in [1.165, 1.54) is 0 Å². The van der Waals surface area contributed by atoms with Crippen molar-refractivity contribution in [2.24, 2.45) is 0 Å². The van der Waals surface area contributed by atoms with Crippen molar-refractivity contribution in [3.8, 4) is 5.88 Å². The predicted molar refractivity (Wildman–Crippen MR) is 49.8 cm³/mol. The van der Waals surface area contributed by atoms with Gasteiger partial charge in [0.05, 0.1) is 6.07 Å². The first-order valence-corrected chi connectivity index (χ1v) is 4.47. The zero-order chi connectivity index (χ0) is 9.84. The number of hydrogen-bond acceptors (Lipinski definition) is 3. The van der Waals surface area contributed by atoms with Crippen molar-refractivity contribution in [3.63, 3.8) is 0 Å². The summed E-state index contributed by atoms with van der Waals surface area (Å²) in [5, 5.41) is 9.10. The fourth-order valence-electron chi connectivity index (χ4n) is 1.33. The molecule has 0 aromatic carbocycles. The van der Waals surface area contributed by atoms with Crippen molar-refractivity contribution in [1.82, 2.24) is 9.97 Å². The first-order chi connectivity index (χ1) is 6.17. The fourth-order valence-corrected chi connectivity index (χ4v) is 1.33. The Morgan fingerprint density at radius 2 is 2.15 bits per heavy atom. The van der Waals surface area contributed by atoms with E-state index >= 15 is 0 Å². The molecule has 1 aromatic rings. The van der Waals surface area contributed by atoms with E-state index in [-0.39, 0.29) is 17.4 Å². The lowest BCUT2D eigenvalue weighted by Gasteiger charge is -2.10. The summed E-state index contributed by atoms with van der Waals surface area (Å²) in [4.78, 5) is 17.5. The number of aromatic nitrogens is 2. The van der Waals surface area contributed by atoms with Crippen LogP contribution in [0.15, 0.2) is 10.9 Å². The third kappa shape index (κ3) is 2.31. The highest BCUT2D eigenvalue weighted by Gasteiger charge is 2.10. The van der Waals surface area contributed by atoms with Crippen LogP contribution in [0.3, 0.4) is 0 Å². The zero-order valence-electron chi connectivity index (χ0n) is 7.87. The molecule has 0 amide bonds. The van der Waals surface area contributed by atoms with Crippen molar-refractivity contribution in [3.05, 3.63) is 22.2 Å². The molecule has 0 bridgehead atoms. The number of H-pyrrole nitrogens is 1. The highest BCUT2D eigenvalue weighted by atomic mass is 16.3. The Morgan fingerprint density at radius 3 is 2.62 bits per heavy atom. The lowest BCUT2D eigenvalue weighted by molar-refractivity contribution is 0.442. The summed E-state index contributed by atoms with van der Waals surface area (Å²) in [6, 6.07) is 1.08. The molecule has 72 valence electrons. The number of nitrogens with one attached hydrogen (secondary N) is 1. The highest BCUT2D eigenvalue weighted by Crippen LogP contribution is 2.18. The maximum absolute atomic E-state index is 11.0. The molecule has 1 rings (SSSR count). The predicted octanol–water partition coefficient (Wildman–Crippen LogP) is 1.38. The van der Waals surface area contributed by atoms with Crippen LogP contribution in [0.2, 0.25) is 0 Å². The molecule has 1 heterocycles. The Kier molecular flexibility index (Phi) is 3.06. The van der Waals surface area contributed by atoms with Crippen molar-refractivity contribution in [2.45, 2.75) is 32.6 Å². The van der Waals surface area contributed by atoms with Gasteiger partial charge in [-0.15, -0.1) is 0 Å². The molecule has 0 saturated heterocycles. The second-order valence-corrected chi connectivity index (χ2v) is 3.00. The summed E-state index contributed by atoms with van der Waals surface area (Å²) in [6.07, 6.45) is 1.81. The summed E-state index contributed by atoms with van der Waals surface area (Å²) in [5.74, 6) is 0.598. The number of nitrogens with zero attached hydrogens (tertiary/aromatic N) is 1. The molecule has 0 radical (unpaired) electrons. The summed E-state index contributed by atoms with van der Waals surface area (Å²) in [5.41, 5.74) is -0.297. The van der Waals surface area contributed by atoms with E-state index in [2.05, 4.69) is 9.97 Å². The van der Waals surface area contributed by atoms with Crippen LogP contribution in [0.1, 0.15) is 38.4 Å². The maximum atomic E-state index is 11.0. The third-order valence-electron chi connectivity index (χ3n) is 2.12. The van der Waals surface area contributed by atoms with Gasteiger partial charge in [-0.2, -0.15) is 0 Å². The van der Waals surface area contributed by atoms with Crippen LogP contribution in [0, 0.1) is 0 Å². The minimum atomic E-state index is -0.297. The Hall–Kier alpha value is -1.32. The summed E-state index contributed by atoms with van der Waals surface area (Å²) in [7, 11) is 0. The Balaban J connectivity index is 3.06. The Labute approximate surface area is 76.7 Å². The Morgan fingerprint density at radius 1 is 1.54 bits per heavy atom. The monoisotopic (exact) mass is 182 g/mol. The average Bonchev–Trinajstić information content (AvgIpc) is 2.04. The van der Waals surface area contributed by atoms with Crippen LogP contribution in [-0.2, 0) is 0 Å². The molecule has 4 nitrogen and oxygen atoms in total. The van der Waals surface area contributed by atoms with Gasteiger partial charge >= 0.3 is 0 Å². The molecule has 0 aliphatic heterocycles. The van der Waals surface area contributed by atoms with E-state index in [9.17, 15) is 4.79 Å². The molecule has 0 fully saturated rings. The number of rotatable bonds is 3. The second kappa shape index (κ2) is 4.07. The molecular formula is C9H14N2O2. The van der Waals surface area contributed by atoms with Gasteiger partial charge in [0.1, 0.15) is 5.82 Å². The molecule has 2 N–H and O–H groups in total. The maximum Gasteiger partial charge on any atom is 0.254 e. The van der Waals surface area contributed by atoms with Crippen molar-refractivity contribution in [2.75, 3.05) is 0 Å². The van der Waals surface area contributed by atoms with E-state index in [0.29, 0.717) is 5.82 Å². The van der Waals surface area contributed by atoms with Crippen LogP contribution >= 0.6 is 0 Å². The van der Waals surface area contributed by atoms with Crippen LogP contribution in [0.25, 0.3) is 0 Å². The third-order valence-corrected chi connectivity index (χ3v) is 2.12. The van der Waals surface area contributed by atoms with Gasteiger partial charge in [-0.3, -0.25) is 4.79 Å². The standard InChI is InChI=1S/C9H14N2O2/c1-3-6(4-2)9-10-7(12)5-8(13)11-9/h5-6H,3-4H2,1-2H3,(H2,10,11,12,13). The van der Waals surface area contributed by atoms with Crippen LogP contribution in [-0.4, -0.2) is 15.1 Å². The molecule has 0 saturated carbocycles. The van der Waals surface area contributed by atoms with Gasteiger partial charge in [0.2, 0.25) is 5.88 Å². The minimum absolute atomic E-state index is 0.203. The topological polar surface area (TPSA) is 66.0 Å². The molecule has 0 spiro atoms. The smallest absolute Gasteiger partial charge is 0.254 e. The molecule has 0 aliphatic carbocycles. The van der Waals surface area contributed by atoms with Gasteiger partial charge in [0, 0.05) is 5.92 Å². The zero-order valence-corrected chi connectivity index (χ0v) is 7.87. The van der Waals surface area contributed by atoms with E-state index < -0.39 is 0 Å². The number of hydrogen-bond donors (Lipinski definition) is 2. The summed E-state index contributed by atoms with van der Waals surface area (Å²) < 4.78 is 0.